The van der Waals surface area contributed by atoms with E-state index in [1.165, 1.54) is 30.6 Å². The highest BCUT2D eigenvalue weighted by Crippen LogP contribution is 2.36. The summed E-state index contributed by atoms with van der Waals surface area (Å²) >= 11 is 2.04. The van der Waals surface area contributed by atoms with Crippen LogP contribution in [0.1, 0.15) is 46.0 Å². The van der Waals surface area contributed by atoms with Gasteiger partial charge in [0.05, 0.1) is 0 Å². The van der Waals surface area contributed by atoms with Crippen LogP contribution in [0.25, 0.3) is 0 Å². The standard InChI is InChI=1S/C15H24N2S/c1-3-8-16-15-11-14(7-9-17-15)18-13-6-4-5-12(2)10-13/h7,9,11-13H,3-6,8,10H2,1-2H3,(H,16,17). The molecule has 1 saturated carbocycles. The molecule has 3 heteroatoms. The van der Waals surface area contributed by atoms with E-state index in [4.69, 9.17) is 0 Å². The summed E-state index contributed by atoms with van der Waals surface area (Å²) in [4.78, 5) is 5.72. The van der Waals surface area contributed by atoms with E-state index in [0.29, 0.717) is 0 Å². The molecule has 2 atom stereocenters. The number of anilines is 1. The van der Waals surface area contributed by atoms with E-state index >= 15 is 0 Å². The van der Waals surface area contributed by atoms with Crippen LogP contribution in [0.4, 0.5) is 5.82 Å². The van der Waals surface area contributed by atoms with Gasteiger partial charge in [0.2, 0.25) is 0 Å². The number of rotatable bonds is 5. The Morgan fingerprint density at radius 3 is 3.11 bits per heavy atom. The number of pyridine rings is 1. The van der Waals surface area contributed by atoms with Crippen LogP contribution in [0.15, 0.2) is 23.2 Å². The van der Waals surface area contributed by atoms with Crippen molar-refractivity contribution in [3.05, 3.63) is 18.3 Å². The molecular formula is C15H24N2S. The Kier molecular flexibility index (Phi) is 5.36. The first-order valence-corrected chi connectivity index (χ1v) is 8.02. The van der Waals surface area contributed by atoms with Crippen molar-refractivity contribution in [2.45, 2.75) is 56.1 Å². The quantitative estimate of drug-likeness (QED) is 0.843. The highest BCUT2D eigenvalue weighted by atomic mass is 32.2. The predicted molar refractivity (Wildman–Crippen MR) is 80.3 cm³/mol. The van der Waals surface area contributed by atoms with Crippen molar-refractivity contribution >= 4 is 17.6 Å². The summed E-state index contributed by atoms with van der Waals surface area (Å²) in [6.07, 6.45) is 8.60. The smallest absolute Gasteiger partial charge is 0.126 e. The van der Waals surface area contributed by atoms with Crippen LogP contribution in [0.3, 0.4) is 0 Å². The lowest BCUT2D eigenvalue weighted by atomic mass is 9.91. The van der Waals surface area contributed by atoms with E-state index in [1.807, 2.05) is 18.0 Å². The summed E-state index contributed by atoms with van der Waals surface area (Å²) in [6.45, 7) is 5.56. The van der Waals surface area contributed by atoms with Crippen LogP contribution in [0.5, 0.6) is 0 Å². The molecule has 18 heavy (non-hydrogen) atoms. The van der Waals surface area contributed by atoms with Crippen molar-refractivity contribution in [1.29, 1.82) is 0 Å². The number of hydrogen-bond acceptors (Lipinski definition) is 3. The monoisotopic (exact) mass is 264 g/mol. The molecule has 1 aromatic rings. The number of thioether (sulfide) groups is 1. The van der Waals surface area contributed by atoms with Gasteiger partial charge in [0.25, 0.3) is 0 Å². The van der Waals surface area contributed by atoms with Gasteiger partial charge in [-0.05, 0) is 37.3 Å². The van der Waals surface area contributed by atoms with Gasteiger partial charge in [0, 0.05) is 22.9 Å². The molecule has 2 nitrogen and oxygen atoms in total. The largest absolute Gasteiger partial charge is 0.370 e. The van der Waals surface area contributed by atoms with Gasteiger partial charge in [-0.1, -0.05) is 26.7 Å². The molecule has 0 aliphatic heterocycles. The summed E-state index contributed by atoms with van der Waals surface area (Å²) in [7, 11) is 0. The number of aromatic nitrogens is 1. The van der Waals surface area contributed by atoms with Crippen molar-refractivity contribution in [2.75, 3.05) is 11.9 Å². The van der Waals surface area contributed by atoms with Crippen LogP contribution < -0.4 is 5.32 Å². The minimum absolute atomic E-state index is 0.801. The Morgan fingerprint density at radius 2 is 2.33 bits per heavy atom. The van der Waals surface area contributed by atoms with Gasteiger partial charge >= 0.3 is 0 Å². The predicted octanol–water partition coefficient (Wildman–Crippen LogP) is 4.57. The molecule has 1 aliphatic rings. The van der Waals surface area contributed by atoms with E-state index in [9.17, 15) is 0 Å². The average molecular weight is 264 g/mol. The van der Waals surface area contributed by atoms with E-state index in [0.717, 1.165) is 30.0 Å². The molecular weight excluding hydrogens is 240 g/mol. The fraction of sp³-hybridized carbons (Fsp3) is 0.667. The van der Waals surface area contributed by atoms with Gasteiger partial charge in [-0.15, -0.1) is 11.8 Å². The van der Waals surface area contributed by atoms with Crippen molar-refractivity contribution in [3.8, 4) is 0 Å². The Balaban J connectivity index is 1.91. The fourth-order valence-corrected chi connectivity index (χ4v) is 3.93. The van der Waals surface area contributed by atoms with Crippen molar-refractivity contribution in [2.24, 2.45) is 5.92 Å². The third-order valence-electron chi connectivity index (χ3n) is 3.48. The molecule has 1 N–H and O–H groups in total. The number of nitrogens with zero attached hydrogens (tertiary/aromatic N) is 1. The van der Waals surface area contributed by atoms with Gasteiger partial charge < -0.3 is 5.32 Å². The Hall–Kier alpha value is -0.700. The maximum absolute atomic E-state index is 4.36. The SMILES string of the molecule is CCCNc1cc(SC2CCCC(C)C2)ccn1. The van der Waals surface area contributed by atoms with Gasteiger partial charge in [-0.2, -0.15) is 0 Å². The zero-order valence-corrected chi connectivity index (χ0v) is 12.3. The molecule has 0 saturated heterocycles. The van der Waals surface area contributed by atoms with Crippen molar-refractivity contribution in [1.82, 2.24) is 4.98 Å². The highest BCUT2D eigenvalue weighted by molar-refractivity contribution is 8.00. The van der Waals surface area contributed by atoms with Gasteiger partial charge in [0.1, 0.15) is 5.82 Å². The topological polar surface area (TPSA) is 24.9 Å². The van der Waals surface area contributed by atoms with Crippen molar-refractivity contribution in [3.63, 3.8) is 0 Å². The van der Waals surface area contributed by atoms with Crippen LogP contribution in [-0.2, 0) is 0 Å². The second-order valence-electron chi connectivity index (χ2n) is 5.32. The molecule has 2 rings (SSSR count). The molecule has 0 radical (unpaired) electrons. The molecule has 0 bridgehead atoms. The summed E-state index contributed by atoms with van der Waals surface area (Å²) in [5.41, 5.74) is 0. The molecule has 0 spiro atoms. The molecule has 100 valence electrons. The molecule has 1 aromatic heterocycles. The summed E-state index contributed by atoms with van der Waals surface area (Å²) < 4.78 is 0. The average Bonchev–Trinajstić information content (AvgIpc) is 2.37. The summed E-state index contributed by atoms with van der Waals surface area (Å²) in [6, 6.07) is 4.33. The van der Waals surface area contributed by atoms with E-state index in [-0.39, 0.29) is 0 Å². The maximum atomic E-state index is 4.36. The van der Waals surface area contributed by atoms with Crippen LogP contribution in [-0.4, -0.2) is 16.8 Å². The number of hydrogen-bond donors (Lipinski definition) is 1. The molecule has 0 aromatic carbocycles. The van der Waals surface area contributed by atoms with Crippen LogP contribution in [0.2, 0.25) is 0 Å². The first-order valence-electron chi connectivity index (χ1n) is 7.14. The molecule has 1 aliphatic carbocycles. The fourth-order valence-electron chi connectivity index (χ4n) is 2.51. The normalized spacial score (nSPS) is 23.9. The van der Waals surface area contributed by atoms with E-state index in [2.05, 4.69) is 36.3 Å². The second kappa shape index (κ2) is 7.03. The Bertz CT molecular complexity index is 367. The lowest BCUT2D eigenvalue weighted by molar-refractivity contribution is 0.394. The lowest BCUT2D eigenvalue weighted by Gasteiger charge is -2.26. The minimum Gasteiger partial charge on any atom is -0.370 e. The number of nitrogens with one attached hydrogen (secondary N) is 1. The highest BCUT2D eigenvalue weighted by Gasteiger charge is 2.19. The summed E-state index contributed by atoms with van der Waals surface area (Å²) in [5.74, 6) is 1.92. The van der Waals surface area contributed by atoms with Crippen molar-refractivity contribution < 1.29 is 0 Å². The Morgan fingerprint density at radius 1 is 1.44 bits per heavy atom. The zero-order valence-electron chi connectivity index (χ0n) is 11.5. The zero-order chi connectivity index (χ0) is 12.8. The molecule has 0 amide bonds. The Labute approximate surface area is 115 Å². The third-order valence-corrected chi connectivity index (χ3v) is 4.77. The maximum Gasteiger partial charge on any atom is 0.126 e. The van der Waals surface area contributed by atoms with Crippen LogP contribution >= 0.6 is 11.8 Å². The van der Waals surface area contributed by atoms with Gasteiger partial charge in [0.15, 0.2) is 0 Å². The first-order chi connectivity index (χ1) is 8.78. The molecule has 2 unspecified atom stereocenters. The molecule has 1 heterocycles. The molecule has 1 fully saturated rings. The van der Waals surface area contributed by atoms with E-state index < -0.39 is 0 Å². The van der Waals surface area contributed by atoms with E-state index in [1.54, 1.807) is 0 Å². The van der Waals surface area contributed by atoms with Gasteiger partial charge in [-0.25, -0.2) is 4.98 Å². The third kappa shape index (κ3) is 4.20. The first kappa shape index (κ1) is 13.7. The second-order valence-corrected chi connectivity index (χ2v) is 6.69. The lowest BCUT2D eigenvalue weighted by Crippen LogP contribution is -2.14. The summed E-state index contributed by atoms with van der Waals surface area (Å²) in [5, 5.41) is 4.16. The minimum atomic E-state index is 0.801. The van der Waals surface area contributed by atoms with Gasteiger partial charge in [-0.3, -0.25) is 0 Å². The van der Waals surface area contributed by atoms with Crippen LogP contribution in [0, 0.1) is 5.92 Å².